The van der Waals surface area contributed by atoms with E-state index in [2.05, 4.69) is 10.1 Å². The molecule has 1 aliphatic rings. The van der Waals surface area contributed by atoms with Crippen molar-refractivity contribution < 1.29 is 20.2 Å². The lowest BCUT2D eigenvalue weighted by atomic mass is 10.2. The van der Waals surface area contributed by atoms with Crippen molar-refractivity contribution in [2.45, 2.75) is 24.9 Å². The molecule has 3 atom stereocenters. The van der Waals surface area contributed by atoms with Gasteiger partial charge in [0.1, 0.15) is 6.10 Å². The van der Waals surface area contributed by atoms with Gasteiger partial charge >= 0.3 is 0 Å². The van der Waals surface area contributed by atoms with Crippen LogP contribution in [0, 0.1) is 0 Å². The standard InChI is InChI=1S/C9H13N3O5/c13-4-5-3-6(14)8(17-5)12-2-1-7(15)10-9(12)11-16/h1-2,5-6,8,13-14,16H,3-4H2,(H,10,11,15)/t5-,6+,8+/m0/s1. The molecule has 2 rings (SSSR count). The Morgan fingerprint density at radius 1 is 1.65 bits per heavy atom. The first-order valence-electron chi connectivity index (χ1n) is 5.09. The van der Waals surface area contributed by atoms with Crippen LogP contribution in [0.5, 0.6) is 0 Å². The highest BCUT2D eigenvalue weighted by Crippen LogP contribution is 2.26. The molecule has 1 fully saturated rings. The molecule has 8 heteroatoms. The largest absolute Gasteiger partial charge is 0.408 e. The fraction of sp³-hybridized carbons (Fsp3) is 0.556. The van der Waals surface area contributed by atoms with Crippen molar-refractivity contribution in [2.75, 3.05) is 6.61 Å². The first kappa shape index (κ1) is 11.8. The van der Waals surface area contributed by atoms with E-state index in [1.165, 1.54) is 16.8 Å². The van der Waals surface area contributed by atoms with Crippen LogP contribution in [0.4, 0.5) is 0 Å². The van der Waals surface area contributed by atoms with Crippen LogP contribution in [-0.2, 0) is 4.74 Å². The van der Waals surface area contributed by atoms with E-state index >= 15 is 0 Å². The second kappa shape index (κ2) is 4.70. The van der Waals surface area contributed by atoms with Gasteiger partial charge in [0.05, 0.1) is 12.7 Å². The van der Waals surface area contributed by atoms with E-state index in [1.54, 1.807) is 0 Å². The maximum Gasteiger partial charge on any atom is 0.252 e. The van der Waals surface area contributed by atoms with Gasteiger partial charge in [0.2, 0.25) is 5.62 Å². The summed E-state index contributed by atoms with van der Waals surface area (Å²) in [6, 6.07) is 1.22. The third kappa shape index (κ3) is 2.23. The number of aromatic amines is 1. The second-order valence-corrected chi connectivity index (χ2v) is 3.77. The number of rotatable bonds is 2. The summed E-state index contributed by atoms with van der Waals surface area (Å²) in [6.07, 6.45) is -0.487. The molecule has 0 bridgehead atoms. The summed E-state index contributed by atoms with van der Waals surface area (Å²) in [5.74, 6) is 0. The Kier molecular flexibility index (Phi) is 3.27. The molecule has 4 N–H and O–H groups in total. The number of hydrogen-bond acceptors (Lipinski definition) is 6. The van der Waals surface area contributed by atoms with Crippen LogP contribution in [0.3, 0.4) is 0 Å². The topological polar surface area (TPSA) is 120 Å². The van der Waals surface area contributed by atoms with Crippen molar-refractivity contribution in [1.29, 1.82) is 0 Å². The third-order valence-corrected chi connectivity index (χ3v) is 2.60. The minimum atomic E-state index is -0.844. The Morgan fingerprint density at radius 2 is 2.41 bits per heavy atom. The summed E-state index contributed by atoms with van der Waals surface area (Å²) in [6.45, 7) is -0.205. The molecule has 17 heavy (non-hydrogen) atoms. The number of ether oxygens (including phenoxy) is 1. The van der Waals surface area contributed by atoms with E-state index in [4.69, 9.17) is 15.1 Å². The van der Waals surface area contributed by atoms with Crippen LogP contribution >= 0.6 is 0 Å². The van der Waals surface area contributed by atoms with Gasteiger partial charge in [-0.1, -0.05) is 5.16 Å². The zero-order valence-electron chi connectivity index (χ0n) is 8.85. The average molecular weight is 243 g/mol. The summed E-state index contributed by atoms with van der Waals surface area (Å²) in [7, 11) is 0. The molecule has 1 aromatic rings. The third-order valence-electron chi connectivity index (χ3n) is 2.60. The monoisotopic (exact) mass is 243 g/mol. The molecule has 1 saturated heterocycles. The maximum atomic E-state index is 11.0. The van der Waals surface area contributed by atoms with Crippen molar-refractivity contribution in [3.63, 3.8) is 0 Å². The zero-order valence-corrected chi connectivity index (χ0v) is 8.85. The first-order valence-corrected chi connectivity index (χ1v) is 5.09. The zero-order chi connectivity index (χ0) is 12.4. The van der Waals surface area contributed by atoms with Crippen LogP contribution < -0.4 is 11.2 Å². The molecule has 0 saturated carbocycles. The second-order valence-electron chi connectivity index (χ2n) is 3.77. The molecule has 94 valence electrons. The number of aliphatic hydroxyl groups excluding tert-OH is 2. The van der Waals surface area contributed by atoms with Crippen molar-refractivity contribution in [3.05, 3.63) is 28.2 Å². The van der Waals surface area contributed by atoms with Crippen LogP contribution in [0.25, 0.3) is 0 Å². The van der Waals surface area contributed by atoms with E-state index < -0.39 is 24.0 Å². The number of nitrogens with one attached hydrogen (secondary N) is 1. The molecule has 0 spiro atoms. The van der Waals surface area contributed by atoms with E-state index in [9.17, 15) is 9.90 Å². The number of aliphatic hydroxyl groups is 2. The van der Waals surface area contributed by atoms with Crippen LogP contribution in [0.1, 0.15) is 12.6 Å². The molecule has 1 aliphatic heterocycles. The number of aromatic nitrogens is 2. The predicted octanol–water partition coefficient (Wildman–Crippen LogP) is -1.89. The molecule has 2 heterocycles. The Bertz CT molecular complexity index is 508. The van der Waals surface area contributed by atoms with Crippen molar-refractivity contribution in [1.82, 2.24) is 9.55 Å². The predicted molar refractivity (Wildman–Crippen MR) is 54.0 cm³/mol. The molecule has 0 aromatic carbocycles. The summed E-state index contributed by atoms with van der Waals surface area (Å²) in [5, 5.41) is 30.4. The van der Waals surface area contributed by atoms with Crippen LogP contribution in [0.15, 0.2) is 22.2 Å². The van der Waals surface area contributed by atoms with Gasteiger partial charge in [-0.05, 0) is 0 Å². The molecule has 0 aliphatic carbocycles. The smallest absolute Gasteiger partial charge is 0.252 e. The number of H-pyrrole nitrogens is 1. The van der Waals surface area contributed by atoms with Crippen molar-refractivity contribution >= 4 is 0 Å². The van der Waals surface area contributed by atoms with Gasteiger partial charge in [0.15, 0.2) is 6.23 Å². The van der Waals surface area contributed by atoms with Gasteiger partial charge in [-0.3, -0.25) is 14.3 Å². The Balaban J connectivity index is 2.38. The molecule has 0 amide bonds. The normalized spacial score (nSPS) is 29.8. The summed E-state index contributed by atoms with van der Waals surface area (Å²) >= 11 is 0. The molecular weight excluding hydrogens is 230 g/mol. The highest BCUT2D eigenvalue weighted by atomic mass is 16.5. The molecular formula is C9H13N3O5. The van der Waals surface area contributed by atoms with Gasteiger partial charge in [-0.2, -0.15) is 0 Å². The summed E-state index contributed by atoms with van der Waals surface area (Å²) < 4.78 is 6.65. The Labute approximate surface area is 95.4 Å². The van der Waals surface area contributed by atoms with Gasteiger partial charge < -0.3 is 20.2 Å². The molecule has 0 radical (unpaired) electrons. The average Bonchev–Trinajstić information content (AvgIpc) is 2.70. The maximum absolute atomic E-state index is 11.0. The lowest BCUT2D eigenvalue weighted by Gasteiger charge is -2.17. The lowest BCUT2D eigenvalue weighted by molar-refractivity contribution is -0.0543. The number of hydrogen-bond donors (Lipinski definition) is 4. The summed E-state index contributed by atoms with van der Waals surface area (Å²) in [4.78, 5) is 13.3. The fourth-order valence-corrected chi connectivity index (χ4v) is 1.81. The van der Waals surface area contributed by atoms with E-state index in [1.807, 2.05) is 0 Å². The van der Waals surface area contributed by atoms with Crippen LogP contribution in [-0.4, -0.2) is 43.8 Å². The van der Waals surface area contributed by atoms with Crippen molar-refractivity contribution in [2.24, 2.45) is 5.16 Å². The Morgan fingerprint density at radius 3 is 3.00 bits per heavy atom. The fourth-order valence-electron chi connectivity index (χ4n) is 1.81. The van der Waals surface area contributed by atoms with Gasteiger partial charge in [0.25, 0.3) is 5.56 Å². The lowest BCUT2D eigenvalue weighted by Crippen LogP contribution is -2.36. The Hall–Kier alpha value is -1.64. The van der Waals surface area contributed by atoms with Gasteiger partial charge in [0, 0.05) is 18.7 Å². The molecule has 1 aromatic heterocycles. The SMILES string of the molecule is O=c1ccn([C@@H]2O[C@H](CO)C[C@H]2O)/c(=N/O)[nH]1. The highest BCUT2D eigenvalue weighted by molar-refractivity contribution is 4.88. The quantitative estimate of drug-likeness (QED) is 0.357. The minimum absolute atomic E-state index is 0.125. The minimum Gasteiger partial charge on any atom is -0.408 e. The van der Waals surface area contributed by atoms with E-state index in [-0.39, 0.29) is 18.6 Å². The van der Waals surface area contributed by atoms with Gasteiger partial charge in [-0.15, -0.1) is 0 Å². The van der Waals surface area contributed by atoms with Crippen molar-refractivity contribution in [3.8, 4) is 0 Å². The highest BCUT2D eigenvalue weighted by Gasteiger charge is 2.34. The van der Waals surface area contributed by atoms with Crippen LogP contribution in [0.2, 0.25) is 0 Å². The number of nitrogens with zero attached hydrogens (tertiary/aromatic N) is 2. The summed E-state index contributed by atoms with van der Waals surface area (Å²) in [5.41, 5.74) is -0.555. The molecule has 8 nitrogen and oxygen atoms in total. The van der Waals surface area contributed by atoms with E-state index in [0.29, 0.717) is 0 Å². The first-order chi connectivity index (χ1) is 8.15. The van der Waals surface area contributed by atoms with Gasteiger partial charge in [-0.25, -0.2) is 0 Å². The molecule has 0 unspecified atom stereocenters. The van der Waals surface area contributed by atoms with E-state index in [0.717, 1.165) is 0 Å².